The highest BCUT2D eigenvalue weighted by molar-refractivity contribution is 4.82. The van der Waals surface area contributed by atoms with Crippen LogP contribution in [-0.4, -0.2) is 41.8 Å². The summed E-state index contributed by atoms with van der Waals surface area (Å²) >= 11 is 0. The molecule has 0 spiro atoms. The molecule has 14 heavy (non-hydrogen) atoms. The standard InChI is InChI=1S/C11H24N2O/c1-11(12,9-14)7-3-4-8-13(2)10-5-6-10/h10,14H,3-9,12H2,1-2H3. The third-order valence-corrected chi connectivity index (χ3v) is 3.04. The molecule has 0 bridgehead atoms. The highest BCUT2D eigenvalue weighted by Crippen LogP contribution is 2.25. The van der Waals surface area contributed by atoms with Crippen molar-refractivity contribution in [1.29, 1.82) is 0 Å². The Hall–Kier alpha value is -0.120. The minimum atomic E-state index is -0.377. The fourth-order valence-corrected chi connectivity index (χ4v) is 1.67. The minimum absolute atomic E-state index is 0.0888. The number of unbranched alkanes of at least 4 members (excludes halogenated alkanes) is 1. The van der Waals surface area contributed by atoms with E-state index in [1.807, 2.05) is 6.92 Å². The molecule has 0 aromatic carbocycles. The molecule has 0 saturated heterocycles. The number of aliphatic hydroxyl groups is 1. The van der Waals surface area contributed by atoms with E-state index in [2.05, 4.69) is 11.9 Å². The van der Waals surface area contributed by atoms with Crippen molar-refractivity contribution < 1.29 is 5.11 Å². The summed E-state index contributed by atoms with van der Waals surface area (Å²) in [6.07, 6.45) is 5.98. The zero-order valence-corrected chi connectivity index (χ0v) is 9.50. The summed E-state index contributed by atoms with van der Waals surface area (Å²) in [6, 6.07) is 0.858. The Balaban J connectivity index is 1.98. The lowest BCUT2D eigenvalue weighted by atomic mass is 9.97. The van der Waals surface area contributed by atoms with Crippen molar-refractivity contribution >= 4 is 0 Å². The van der Waals surface area contributed by atoms with Gasteiger partial charge in [-0.1, -0.05) is 6.42 Å². The molecule has 0 radical (unpaired) electrons. The van der Waals surface area contributed by atoms with E-state index in [0.717, 1.165) is 18.9 Å². The SMILES string of the molecule is CN(CCCCC(C)(N)CO)C1CC1. The first-order valence-corrected chi connectivity index (χ1v) is 5.65. The highest BCUT2D eigenvalue weighted by atomic mass is 16.3. The average Bonchev–Trinajstić information content (AvgIpc) is 2.95. The molecule has 1 fully saturated rings. The van der Waals surface area contributed by atoms with Gasteiger partial charge in [0.2, 0.25) is 0 Å². The van der Waals surface area contributed by atoms with E-state index in [1.54, 1.807) is 0 Å². The van der Waals surface area contributed by atoms with Crippen molar-refractivity contribution in [2.45, 2.75) is 50.6 Å². The molecular formula is C11H24N2O. The quantitative estimate of drug-likeness (QED) is 0.602. The monoisotopic (exact) mass is 200 g/mol. The maximum Gasteiger partial charge on any atom is 0.0608 e. The molecule has 3 N–H and O–H groups in total. The van der Waals surface area contributed by atoms with Crippen LogP contribution in [0.4, 0.5) is 0 Å². The lowest BCUT2D eigenvalue weighted by Crippen LogP contribution is -2.40. The Kier molecular flexibility index (Phi) is 4.35. The van der Waals surface area contributed by atoms with Crippen molar-refractivity contribution in [3.05, 3.63) is 0 Å². The summed E-state index contributed by atoms with van der Waals surface area (Å²) in [5.74, 6) is 0. The molecule has 1 saturated carbocycles. The zero-order chi connectivity index (χ0) is 10.6. The molecule has 3 heteroatoms. The van der Waals surface area contributed by atoms with Gasteiger partial charge in [0, 0.05) is 11.6 Å². The van der Waals surface area contributed by atoms with Gasteiger partial charge < -0.3 is 15.7 Å². The van der Waals surface area contributed by atoms with Crippen LogP contribution in [0.25, 0.3) is 0 Å². The van der Waals surface area contributed by atoms with Crippen molar-refractivity contribution in [3.63, 3.8) is 0 Å². The largest absolute Gasteiger partial charge is 0.394 e. The summed E-state index contributed by atoms with van der Waals surface area (Å²) in [4.78, 5) is 2.44. The molecule has 0 aliphatic heterocycles. The van der Waals surface area contributed by atoms with Crippen LogP contribution >= 0.6 is 0 Å². The Bertz CT molecular complexity index is 167. The van der Waals surface area contributed by atoms with Gasteiger partial charge >= 0.3 is 0 Å². The number of aliphatic hydroxyl groups excluding tert-OH is 1. The smallest absolute Gasteiger partial charge is 0.0608 e. The zero-order valence-electron chi connectivity index (χ0n) is 9.50. The number of nitrogens with zero attached hydrogens (tertiary/aromatic N) is 1. The van der Waals surface area contributed by atoms with E-state index in [1.165, 1.54) is 25.8 Å². The number of hydrogen-bond donors (Lipinski definition) is 2. The van der Waals surface area contributed by atoms with Gasteiger partial charge in [-0.05, 0) is 46.2 Å². The molecule has 1 atom stereocenters. The summed E-state index contributed by atoms with van der Waals surface area (Å²) in [6.45, 7) is 3.18. The Morgan fingerprint density at radius 2 is 2.07 bits per heavy atom. The Morgan fingerprint density at radius 1 is 1.43 bits per heavy atom. The van der Waals surface area contributed by atoms with Gasteiger partial charge in [0.05, 0.1) is 6.61 Å². The van der Waals surface area contributed by atoms with Crippen molar-refractivity contribution in [1.82, 2.24) is 4.90 Å². The highest BCUT2D eigenvalue weighted by Gasteiger charge is 2.25. The molecule has 1 aliphatic rings. The van der Waals surface area contributed by atoms with Crippen molar-refractivity contribution in [3.8, 4) is 0 Å². The topological polar surface area (TPSA) is 49.5 Å². The van der Waals surface area contributed by atoms with E-state index in [-0.39, 0.29) is 12.1 Å². The van der Waals surface area contributed by atoms with Gasteiger partial charge in [-0.15, -0.1) is 0 Å². The maximum atomic E-state index is 8.97. The van der Waals surface area contributed by atoms with Crippen LogP contribution in [0.5, 0.6) is 0 Å². The molecule has 1 aliphatic carbocycles. The van der Waals surface area contributed by atoms with Crippen LogP contribution < -0.4 is 5.73 Å². The van der Waals surface area contributed by atoms with Crippen LogP contribution in [0.15, 0.2) is 0 Å². The normalized spacial score (nSPS) is 21.2. The van der Waals surface area contributed by atoms with E-state index in [4.69, 9.17) is 10.8 Å². The summed E-state index contributed by atoms with van der Waals surface area (Å²) in [5, 5.41) is 8.97. The van der Waals surface area contributed by atoms with E-state index in [9.17, 15) is 0 Å². The van der Waals surface area contributed by atoms with E-state index >= 15 is 0 Å². The van der Waals surface area contributed by atoms with Gasteiger partial charge in [0.25, 0.3) is 0 Å². The third-order valence-electron chi connectivity index (χ3n) is 3.04. The predicted molar refractivity (Wildman–Crippen MR) is 59.2 cm³/mol. The maximum absolute atomic E-state index is 8.97. The van der Waals surface area contributed by atoms with Gasteiger partial charge in [0.1, 0.15) is 0 Å². The second-order valence-corrected chi connectivity index (χ2v) is 4.98. The van der Waals surface area contributed by atoms with Crippen LogP contribution in [0.1, 0.15) is 39.0 Å². The Morgan fingerprint density at radius 3 is 2.57 bits per heavy atom. The molecule has 84 valence electrons. The fourth-order valence-electron chi connectivity index (χ4n) is 1.67. The molecule has 3 nitrogen and oxygen atoms in total. The fraction of sp³-hybridized carbons (Fsp3) is 1.00. The van der Waals surface area contributed by atoms with E-state index in [0.29, 0.717) is 0 Å². The first kappa shape index (κ1) is 12.0. The first-order valence-electron chi connectivity index (χ1n) is 5.65. The number of nitrogens with two attached hydrogens (primary N) is 1. The summed E-state index contributed by atoms with van der Waals surface area (Å²) < 4.78 is 0. The van der Waals surface area contributed by atoms with Gasteiger partial charge in [-0.2, -0.15) is 0 Å². The van der Waals surface area contributed by atoms with Gasteiger partial charge in [-0.3, -0.25) is 0 Å². The van der Waals surface area contributed by atoms with Crippen LogP contribution in [0, 0.1) is 0 Å². The molecule has 0 aromatic rings. The lowest BCUT2D eigenvalue weighted by molar-refractivity contribution is 0.195. The number of hydrogen-bond acceptors (Lipinski definition) is 3. The minimum Gasteiger partial charge on any atom is -0.394 e. The molecule has 0 aromatic heterocycles. The lowest BCUT2D eigenvalue weighted by Gasteiger charge is -2.22. The van der Waals surface area contributed by atoms with Crippen LogP contribution in [-0.2, 0) is 0 Å². The van der Waals surface area contributed by atoms with Crippen LogP contribution in [0.2, 0.25) is 0 Å². The third kappa shape index (κ3) is 4.40. The predicted octanol–water partition coefficient (Wildman–Crippen LogP) is 0.961. The first-order chi connectivity index (χ1) is 6.55. The molecular weight excluding hydrogens is 176 g/mol. The summed E-state index contributed by atoms with van der Waals surface area (Å²) in [5.41, 5.74) is 5.46. The molecule has 0 heterocycles. The summed E-state index contributed by atoms with van der Waals surface area (Å²) in [7, 11) is 2.20. The van der Waals surface area contributed by atoms with Crippen molar-refractivity contribution in [2.24, 2.45) is 5.73 Å². The second kappa shape index (κ2) is 5.10. The number of rotatable bonds is 7. The van der Waals surface area contributed by atoms with Gasteiger partial charge in [-0.25, -0.2) is 0 Å². The van der Waals surface area contributed by atoms with Crippen LogP contribution in [0.3, 0.4) is 0 Å². The van der Waals surface area contributed by atoms with Gasteiger partial charge in [0.15, 0.2) is 0 Å². The van der Waals surface area contributed by atoms with Crippen molar-refractivity contribution in [2.75, 3.05) is 20.2 Å². The molecule has 0 amide bonds. The average molecular weight is 200 g/mol. The second-order valence-electron chi connectivity index (χ2n) is 4.98. The van der Waals surface area contributed by atoms with E-state index < -0.39 is 0 Å². The Labute approximate surface area is 87.3 Å². The molecule has 1 rings (SSSR count). The molecule has 1 unspecified atom stereocenters.